The predicted octanol–water partition coefficient (Wildman–Crippen LogP) is 5.12. The van der Waals surface area contributed by atoms with Gasteiger partial charge in [-0.1, -0.05) is 23.4 Å². The molecule has 2 rings (SSSR count). The molecule has 0 radical (unpaired) electrons. The number of allylic oxidation sites excluding steroid dienone is 1. The Labute approximate surface area is 179 Å². The predicted molar refractivity (Wildman–Crippen MR) is 119 cm³/mol. The number of benzene rings is 2. The molecule has 0 heterocycles. The Balaban J connectivity index is 1.75. The van der Waals surface area contributed by atoms with Gasteiger partial charge in [0.15, 0.2) is 0 Å². The highest BCUT2D eigenvalue weighted by atomic mass is 16.6. The lowest BCUT2D eigenvalue weighted by molar-refractivity contribution is 0.212. The Kier molecular flexibility index (Phi) is 10.1. The number of hydrogen-bond acceptors (Lipinski definition) is 6. The summed E-state index contributed by atoms with van der Waals surface area (Å²) in [5.41, 5.74) is 2.13. The molecular weight excluding hydrogens is 382 g/mol. The molecule has 0 fully saturated rings. The smallest absolute Gasteiger partial charge is 0.127 e. The molecule has 0 saturated carbocycles. The molecule has 0 saturated heterocycles. The molecule has 0 aliphatic heterocycles. The van der Waals surface area contributed by atoms with Gasteiger partial charge in [0.2, 0.25) is 0 Å². The lowest BCUT2D eigenvalue weighted by Crippen LogP contribution is -2.07. The molecule has 0 atom stereocenters. The van der Waals surface area contributed by atoms with Crippen LogP contribution in [0.5, 0.6) is 23.0 Å². The van der Waals surface area contributed by atoms with E-state index in [0.717, 1.165) is 34.8 Å². The SMILES string of the molecule is C/C=C/COc1cc(C)c(OCCCOc2cccc(OCC=NOC)c2)c(C)c1. The zero-order valence-electron chi connectivity index (χ0n) is 18.2. The Morgan fingerprint density at radius 2 is 1.50 bits per heavy atom. The molecule has 0 N–H and O–H groups in total. The minimum atomic E-state index is 0.336. The molecule has 0 spiro atoms. The van der Waals surface area contributed by atoms with Gasteiger partial charge in [-0.2, -0.15) is 0 Å². The van der Waals surface area contributed by atoms with E-state index in [0.29, 0.717) is 32.2 Å². The summed E-state index contributed by atoms with van der Waals surface area (Å²) in [5, 5.41) is 3.63. The normalized spacial score (nSPS) is 11.1. The van der Waals surface area contributed by atoms with Gasteiger partial charge in [0, 0.05) is 12.5 Å². The van der Waals surface area contributed by atoms with Gasteiger partial charge in [0.25, 0.3) is 0 Å². The summed E-state index contributed by atoms with van der Waals surface area (Å²) in [4.78, 5) is 4.60. The largest absolute Gasteiger partial charge is 0.493 e. The van der Waals surface area contributed by atoms with Crippen LogP contribution in [0.15, 0.2) is 53.7 Å². The number of ether oxygens (including phenoxy) is 4. The van der Waals surface area contributed by atoms with E-state index in [1.165, 1.54) is 7.11 Å². The van der Waals surface area contributed by atoms with Crippen molar-refractivity contribution in [1.82, 2.24) is 0 Å². The van der Waals surface area contributed by atoms with Gasteiger partial charge >= 0.3 is 0 Å². The summed E-state index contributed by atoms with van der Waals surface area (Å²) in [7, 11) is 1.49. The van der Waals surface area contributed by atoms with Crippen LogP contribution in [0.2, 0.25) is 0 Å². The molecule has 0 amide bonds. The summed E-state index contributed by atoms with van der Waals surface area (Å²) >= 11 is 0. The van der Waals surface area contributed by atoms with Crippen molar-refractivity contribution in [3.8, 4) is 23.0 Å². The molecule has 0 unspecified atom stereocenters. The first kappa shape index (κ1) is 23.1. The Bertz CT molecular complexity index is 809. The Morgan fingerprint density at radius 3 is 2.20 bits per heavy atom. The highest BCUT2D eigenvalue weighted by molar-refractivity contribution is 5.58. The van der Waals surface area contributed by atoms with Crippen molar-refractivity contribution in [1.29, 1.82) is 0 Å². The Morgan fingerprint density at radius 1 is 0.833 bits per heavy atom. The number of oxime groups is 1. The standard InChI is InChI=1S/C24H31NO5/c1-5-6-12-28-23-16-19(2)24(20(3)17-23)30-14-8-13-27-21-9-7-10-22(18-21)29-15-11-25-26-4/h5-7,9-11,16-18H,8,12-15H2,1-4H3/b6-5+,25-11?. The van der Waals surface area contributed by atoms with Crippen LogP contribution in [0, 0.1) is 13.8 Å². The fraction of sp³-hybridized carbons (Fsp3) is 0.375. The summed E-state index contributed by atoms with van der Waals surface area (Å²) in [6.07, 6.45) is 6.27. The molecule has 162 valence electrons. The zero-order valence-corrected chi connectivity index (χ0v) is 18.2. The van der Waals surface area contributed by atoms with Crippen molar-refractivity contribution in [2.45, 2.75) is 27.2 Å². The summed E-state index contributed by atoms with van der Waals surface area (Å²) in [6, 6.07) is 11.5. The van der Waals surface area contributed by atoms with E-state index in [1.54, 1.807) is 6.21 Å². The maximum absolute atomic E-state index is 5.99. The number of hydrogen-bond donors (Lipinski definition) is 0. The number of nitrogens with zero attached hydrogens (tertiary/aromatic N) is 1. The average molecular weight is 414 g/mol. The summed E-state index contributed by atoms with van der Waals surface area (Å²) in [6.45, 7) is 8.07. The van der Waals surface area contributed by atoms with Gasteiger partial charge in [-0.05, 0) is 56.2 Å². The van der Waals surface area contributed by atoms with Crippen molar-refractivity contribution >= 4 is 6.21 Å². The second-order valence-electron chi connectivity index (χ2n) is 6.57. The van der Waals surface area contributed by atoms with Gasteiger partial charge in [0.05, 0.1) is 19.4 Å². The first-order valence-electron chi connectivity index (χ1n) is 10.0. The van der Waals surface area contributed by atoms with Crippen LogP contribution in [0.1, 0.15) is 24.5 Å². The maximum atomic E-state index is 5.99. The highest BCUT2D eigenvalue weighted by Gasteiger charge is 2.07. The van der Waals surface area contributed by atoms with E-state index < -0.39 is 0 Å². The zero-order chi connectivity index (χ0) is 21.6. The van der Waals surface area contributed by atoms with Crippen molar-refractivity contribution < 1.29 is 23.8 Å². The fourth-order valence-electron chi connectivity index (χ4n) is 2.78. The van der Waals surface area contributed by atoms with Crippen LogP contribution in [0.4, 0.5) is 0 Å². The van der Waals surface area contributed by atoms with E-state index in [4.69, 9.17) is 18.9 Å². The average Bonchev–Trinajstić information content (AvgIpc) is 2.73. The van der Waals surface area contributed by atoms with Gasteiger partial charge < -0.3 is 23.8 Å². The maximum Gasteiger partial charge on any atom is 0.127 e. The highest BCUT2D eigenvalue weighted by Crippen LogP contribution is 2.28. The van der Waals surface area contributed by atoms with Crippen molar-refractivity contribution in [2.24, 2.45) is 5.16 Å². The quantitative estimate of drug-likeness (QED) is 0.197. The molecule has 6 nitrogen and oxygen atoms in total. The molecule has 2 aromatic rings. The minimum Gasteiger partial charge on any atom is -0.493 e. The molecular formula is C24H31NO5. The van der Waals surface area contributed by atoms with Crippen molar-refractivity contribution in [3.63, 3.8) is 0 Å². The van der Waals surface area contributed by atoms with E-state index in [-0.39, 0.29) is 0 Å². The monoisotopic (exact) mass is 413 g/mol. The van der Waals surface area contributed by atoms with Gasteiger partial charge in [-0.25, -0.2) is 0 Å². The molecule has 6 heteroatoms. The minimum absolute atomic E-state index is 0.336. The van der Waals surface area contributed by atoms with Crippen LogP contribution in [-0.4, -0.2) is 39.8 Å². The van der Waals surface area contributed by atoms with Crippen LogP contribution >= 0.6 is 0 Å². The van der Waals surface area contributed by atoms with Gasteiger partial charge in [-0.15, -0.1) is 0 Å². The second-order valence-corrected chi connectivity index (χ2v) is 6.57. The Hall–Kier alpha value is -3.15. The third-order valence-electron chi connectivity index (χ3n) is 4.13. The first-order chi connectivity index (χ1) is 14.6. The van der Waals surface area contributed by atoms with Crippen LogP contribution in [0.25, 0.3) is 0 Å². The lowest BCUT2D eigenvalue weighted by atomic mass is 10.1. The van der Waals surface area contributed by atoms with E-state index in [1.807, 2.05) is 69.3 Å². The lowest BCUT2D eigenvalue weighted by Gasteiger charge is -2.14. The molecule has 0 aliphatic rings. The molecule has 0 bridgehead atoms. The third-order valence-corrected chi connectivity index (χ3v) is 4.13. The van der Waals surface area contributed by atoms with Crippen LogP contribution in [0.3, 0.4) is 0 Å². The van der Waals surface area contributed by atoms with E-state index in [2.05, 4.69) is 9.99 Å². The van der Waals surface area contributed by atoms with E-state index >= 15 is 0 Å². The fourth-order valence-corrected chi connectivity index (χ4v) is 2.78. The van der Waals surface area contributed by atoms with E-state index in [9.17, 15) is 0 Å². The summed E-state index contributed by atoms with van der Waals surface area (Å²) < 4.78 is 23.1. The number of rotatable bonds is 13. The topological polar surface area (TPSA) is 58.5 Å². The van der Waals surface area contributed by atoms with Crippen LogP contribution < -0.4 is 18.9 Å². The number of aryl methyl sites for hydroxylation is 2. The first-order valence-corrected chi connectivity index (χ1v) is 10.0. The van der Waals surface area contributed by atoms with Gasteiger partial charge in [0.1, 0.15) is 43.3 Å². The third kappa shape index (κ3) is 8.07. The molecule has 2 aromatic carbocycles. The summed E-state index contributed by atoms with van der Waals surface area (Å²) in [5.74, 6) is 3.23. The van der Waals surface area contributed by atoms with Crippen molar-refractivity contribution in [3.05, 3.63) is 59.7 Å². The second kappa shape index (κ2) is 13.1. The van der Waals surface area contributed by atoms with Crippen molar-refractivity contribution in [2.75, 3.05) is 33.5 Å². The molecule has 0 aromatic heterocycles. The van der Waals surface area contributed by atoms with Gasteiger partial charge in [-0.3, -0.25) is 0 Å². The molecule has 0 aliphatic carbocycles. The molecule has 30 heavy (non-hydrogen) atoms. The van der Waals surface area contributed by atoms with Crippen LogP contribution in [-0.2, 0) is 4.84 Å².